The van der Waals surface area contributed by atoms with Crippen molar-refractivity contribution in [3.63, 3.8) is 0 Å². The summed E-state index contributed by atoms with van der Waals surface area (Å²) in [5.41, 5.74) is 0.878. The number of hydrogen-bond donors (Lipinski definition) is 1. The van der Waals surface area contributed by atoms with Gasteiger partial charge in [-0.3, -0.25) is 0 Å². The molecule has 19 heavy (non-hydrogen) atoms. The third kappa shape index (κ3) is 3.73. The van der Waals surface area contributed by atoms with Gasteiger partial charge in [-0.15, -0.1) is 0 Å². The van der Waals surface area contributed by atoms with Crippen molar-refractivity contribution in [1.29, 1.82) is 0 Å². The van der Waals surface area contributed by atoms with E-state index in [0.717, 1.165) is 22.2 Å². The van der Waals surface area contributed by atoms with Crippen molar-refractivity contribution in [2.75, 3.05) is 0 Å². The number of hydrogen-bond acceptors (Lipinski definition) is 2. The van der Waals surface area contributed by atoms with Crippen LogP contribution in [-0.2, 0) is 0 Å². The molecular weight excluding hydrogens is 304 g/mol. The first kappa shape index (κ1) is 14.9. The van der Waals surface area contributed by atoms with E-state index in [1.807, 2.05) is 18.2 Å². The molecule has 3 heteroatoms. The van der Waals surface area contributed by atoms with Gasteiger partial charge in [-0.1, -0.05) is 35.3 Å². The van der Waals surface area contributed by atoms with Gasteiger partial charge in [0.05, 0.1) is 6.10 Å². The fourth-order valence-corrected chi connectivity index (χ4v) is 3.25. The summed E-state index contributed by atoms with van der Waals surface area (Å²) in [4.78, 5) is 0. The van der Waals surface area contributed by atoms with Crippen molar-refractivity contribution in [3.05, 3.63) is 28.2 Å². The SMILES string of the molecule is CCC1CCCCC1Oc1cc(Br)ccc1[C@@H](C)O. The summed E-state index contributed by atoms with van der Waals surface area (Å²) in [5.74, 6) is 1.48. The van der Waals surface area contributed by atoms with Crippen molar-refractivity contribution in [1.82, 2.24) is 0 Å². The van der Waals surface area contributed by atoms with Crippen molar-refractivity contribution >= 4 is 15.9 Å². The molecule has 1 aromatic rings. The van der Waals surface area contributed by atoms with Gasteiger partial charge in [0, 0.05) is 10.0 Å². The molecule has 1 aromatic carbocycles. The van der Waals surface area contributed by atoms with Gasteiger partial charge in [-0.25, -0.2) is 0 Å². The van der Waals surface area contributed by atoms with Gasteiger partial charge >= 0.3 is 0 Å². The molecule has 3 atom stereocenters. The molecule has 1 aliphatic carbocycles. The lowest BCUT2D eigenvalue weighted by Crippen LogP contribution is -2.30. The van der Waals surface area contributed by atoms with E-state index in [9.17, 15) is 5.11 Å². The number of aliphatic hydroxyl groups excluding tert-OH is 1. The minimum absolute atomic E-state index is 0.297. The molecule has 0 heterocycles. The molecule has 0 amide bonds. The zero-order valence-electron chi connectivity index (χ0n) is 11.7. The van der Waals surface area contributed by atoms with E-state index in [-0.39, 0.29) is 0 Å². The highest BCUT2D eigenvalue weighted by Crippen LogP contribution is 2.34. The van der Waals surface area contributed by atoms with Gasteiger partial charge in [0.15, 0.2) is 0 Å². The minimum Gasteiger partial charge on any atom is -0.490 e. The van der Waals surface area contributed by atoms with Crippen LogP contribution in [-0.4, -0.2) is 11.2 Å². The van der Waals surface area contributed by atoms with Gasteiger partial charge in [-0.2, -0.15) is 0 Å². The first-order valence-electron chi connectivity index (χ1n) is 7.26. The molecule has 2 unspecified atom stereocenters. The monoisotopic (exact) mass is 326 g/mol. The first-order valence-corrected chi connectivity index (χ1v) is 8.05. The molecule has 2 nitrogen and oxygen atoms in total. The van der Waals surface area contributed by atoms with E-state index in [1.54, 1.807) is 6.92 Å². The summed E-state index contributed by atoms with van der Waals surface area (Å²) < 4.78 is 7.24. The van der Waals surface area contributed by atoms with Crippen LogP contribution in [0.4, 0.5) is 0 Å². The van der Waals surface area contributed by atoms with Gasteiger partial charge in [0.1, 0.15) is 11.9 Å². The Balaban J connectivity index is 2.19. The van der Waals surface area contributed by atoms with Crippen LogP contribution in [0.3, 0.4) is 0 Å². The first-order chi connectivity index (χ1) is 9.11. The summed E-state index contributed by atoms with van der Waals surface area (Å²) in [5, 5.41) is 9.85. The van der Waals surface area contributed by atoms with Crippen molar-refractivity contribution in [2.24, 2.45) is 5.92 Å². The molecular formula is C16H23BrO2. The fourth-order valence-electron chi connectivity index (χ4n) is 2.91. The third-order valence-corrected chi connectivity index (χ3v) is 4.56. The highest BCUT2D eigenvalue weighted by Gasteiger charge is 2.26. The van der Waals surface area contributed by atoms with Crippen LogP contribution in [0, 0.1) is 5.92 Å². The Morgan fingerprint density at radius 3 is 2.79 bits per heavy atom. The molecule has 2 rings (SSSR count). The molecule has 0 saturated heterocycles. The number of benzene rings is 1. The van der Waals surface area contributed by atoms with Crippen molar-refractivity contribution in [2.45, 2.75) is 58.2 Å². The van der Waals surface area contributed by atoms with Crippen LogP contribution in [0.2, 0.25) is 0 Å². The number of rotatable bonds is 4. The van der Waals surface area contributed by atoms with Gasteiger partial charge < -0.3 is 9.84 Å². The predicted octanol–water partition coefficient (Wildman–Crippen LogP) is 4.85. The lowest BCUT2D eigenvalue weighted by molar-refractivity contribution is 0.0854. The Bertz CT molecular complexity index is 417. The fraction of sp³-hybridized carbons (Fsp3) is 0.625. The summed E-state index contributed by atoms with van der Waals surface area (Å²) in [6, 6.07) is 5.87. The Morgan fingerprint density at radius 1 is 1.37 bits per heavy atom. The lowest BCUT2D eigenvalue weighted by Gasteiger charge is -2.32. The third-order valence-electron chi connectivity index (χ3n) is 4.07. The summed E-state index contributed by atoms with van der Waals surface area (Å²) in [6.07, 6.45) is 5.93. The second-order valence-electron chi connectivity index (χ2n) is 5.47. The smallest absolute Gasteiger partial charge is 0.126 e. The van der Waals surface area contributed by atoms with E-state index in [0.29, 0.717) is 12.0 Å². The lowest BCUT2D eigenvalue weighted by atomic mass is 9.84. The van der Waals surface area contributed by atoms with E-state index in [2.05, 4.69) is 22.9 Å². The van der Waals surface area contributed by atoms with Crippen LogP contribution >= 0.6 is 15.9 Å². The van der Waals surface area contributed by atoms with E-state index >= 15 is 0 Å². The molecule has 0 aliphatic heterocycles. The van der Waals surface area contributed by atoms with Gasteiger partial charge in [0.2, 0.25) is 0 Å². The quantitative estimate of drug-likeness (QED) is 0.856. The molecule has 1 saturated carbocycles. The Labute approximate surface area is 124 Å². The Kier molecular flexibility index (Phi) is 5.28. The standard InChI is InChI=1S/C16H23BrO2/c1-3-12-6-4-5-7-15(12)19-16-10-13(17)8-9-14(16)11(2)18/h8-12,15,18H,3-7H2,1-2H3/t11-,12?,15?/m1/s1. The van der Waals surface area contributed by atoms with E-state index < -0.39 is 6.10 Å². The Morgan fingerprint density at radius 2 is 2.11 bits per heavy atom. The minimum atomic E-state index is -0.494. The van der Waals surface area contributed by atoms with Crippen LogP contribution in [0.25, 0.3) is 0 Å². The summed E-state index contributed by atoms with van der Waals surface area (Å²) in [7, 11) is 0. The van der Waals surface area contributed by atoms with Gasteiger partial charge in [-0.05, 0) is 50.7 Å². The van der Waals surface area contributed by atoms with Crippen molar-refractivity contribution in [3.8, 4) is 5.75 Å². The van der Waals surface area contributed by atoms with Crippen LogP contribution in [0.15, 0.2) is 22.7 Å². The number of halogens is 1. The zero-order valence-corrected chi connectivity index (χ0v) is 13.3. The second kappa shape index (κ2) is 6.76. The van der Waals surface area contributed by atoms with Crippen LogP contribution in [0.5, 0.6) is 5.75 Å². The maximum Gasteiger partial charge on any atom is 0.126 e. The number of ether oxygens (including phenoxy) is 1. The molecule has 1 fully saturated rings. The molecule has 0 bridgehead atoms. The maximum atomic E-state index is 9.85. The number of aliphatic hydroxyl groups is 1. The van der Waals surface area contributed by atoms with E-state index in [1.165, 1.54) is 25.7 Å². The Hall–Kier alpha value is -0.540. The average Bonchev–Trinajstić information content (AvgIpc) is 2.39. The zero-order chi connectivity index (χ0) is 13.8. The largest absolute Gasteiger partial charge is 0.490 e. The summed E-state index contributed by atoms with van der Waals surface area (Å²) >= 11 is 3.48. The summed E-state index contributed by atoms with van der Waals surface area (Å²) in [6.45, 7) is 4.02. The highest BCUT2D eigenvalue weighted by molar-refractivity contribution is 9.10. The molecule has 1 N–H and O–H groups in total. The van der Waals surface area contributed by atoms with Crippen LogP contribution < -0.4 is 4.74 Å². The molecule has 0 spiro atoms. The molecule has 106 valence electrons. The normalized spacial score (nSPS) is 25.1. The molecule has 0 radical (unpaired) electrons. The average molecular weight is 327 g/mol. The maximum absolute atomic E-state index is 9.85. The van der Waals surface area contributed by atoms with Crippen LogP contribution in [0.1, 0.15) is 57.6 Å². The topological polar surface area (TPSA) is 29.5 Å². The molecule has 0 aromatic heterocycles. The van der Waals surface area contributed by atoms with Crippen molar-refractivity contribution < 1.29 is 9.84 Å². The highest BCUT2D eigenvalue weighted by atomic mass is 79.9. The van der Waals surface area contributed by atoms with Gasteiger partial charge in [0.25, 0.3) is 0 Å². The van der Waals surface area contributed by atoms with E-state index in [4.69, 9.17) is 4.74 Å². The molecule has 1 aliphatic rings. The second-order valence-corrected chi connectivity index (χ2v) is 6.38. The predicted molar refractivity (Wildman–Crippen MR) is 81.4 cm³/mol.